The molecule has 3 aliphatic rings. The molecule has 3 unspecified atom stereocenters. The molecule has 3 atom stereocenters. The van der Waals surface area contributed by atoms with E-state index < -0.39 is 0 Å². The van der Waals surface area contributed by atoms with E-state index in [1.54, 1.807) is 12.3 Å². The highest BCUT2D eigenvalue weighted by Gasteiger charge is 2.48. The summed E-state index contributed by atoms with van der Waals surface area (Å²) in [4.78, 5) is 19.8. The van der Waals surface area contributed by atoms with Gasteiger partial charge in [0.25, 0.3) is 5.91 Å². The molecule has 3 N–H and O–H groups in total. The van der Waals surface area contributed by atoms with Crippen LogP contribution >= 0.6 is 11.6 Å². The van der Waals surface area contributed by atoms with Crippen molar-refractivity contribution in [3.8, 4) is 0 Å². The van der Waals surface area contributed by atoms with Crippen molar-refractivity contribution >= 4 is 34.4 Å². The molecule has 0 radical (unpaired) electrons. The molecule has 9 nitrogen and oxygen atoms in total. The van der Waals surface area contributed by atoms with Crippen molar-refractivity contribution in [2.24, 2.45) is 11.1 Å². The van der Waals surface area contributed by atoms with E-state index in [9.17, 15) is 4.79 Å². The molecule has 3 aromatic heterocycles. The van der Waals surface area contributed by atoms with Crippen molar-refractivity contribution in [3.63, 3.8) is 0 Å². The molecule has 1 amide bonds. The first kappa shape index (κ1) is 23.6. The van der Waals surface area contributed by atoms with Crippen molar-refractivity contribution < 1.29 is 13.9 Å². The Balaban J connectivity index is 1.16. The molecule has 2 aliphatic heterocycles. The Morgan fingerprint density at radius 3 is 3.03 bits per heavy atom. The fourth-order valence-corrected chi connectivity index (χ4v) is 6.06. The molecule has 0 saturated carbocycles. The number of amides is 1. The predicted molar refractivity (Wildman–Crippen MR) is 134 cm³/mol. The Bertz CT molecular complexity index is 1340. The summed E-state index contributed by atoms with van der Waals surface area (Å²) in [5.41, 5.74) is 8.50. The quantitative estimate of drug-likeness (QED) is 0.551. The first-order valence-electron chi connectivity index (χ1n) is 12.5. The number of carbonyl (C=O) groups is 1. The first-order valence-corrected chi connectivity index (χ1v) is 12.8. The van der Waals surface area contributed by atoms with Crippen LogP contribution in [0, 0.1) is 11.2 Å². The number of anilines is 1. The Hall–Kier alpha value is -2.82. The van der Waals surface area contributed by atoms with Gasteiger partial charge in [-0.15, -0.1) is 10.2 Å². The highest BCUT2D eigenvalue weighted by molar-refractivity contribution is 6.35. The molecule has 1 aliphatic carbocycles. The van der Waals surface area contributed by atoms with E-state index in [1.807, 2.05) is 11.5 Å². The van der Waals surface area contributed by atoms with Gasteiger partial charge in [0.2, 0.25) is 0 Å². The van der Waals surface area contributed by atoms with Gasteiger partial charge >= 0.3 is 0 Å². The summed E-state index contributed by atoms with van der Waals surface area (Å²) in [6, 6.07) is 2.92. The molecule has 190 valence electrons. The zero-order valence-corrected chi connectivity index (χ0v) is 20.9. The molecule has 2 fully saturated rings. The minimum Gasteiger partial charge on any atom is -0.381 e. The number of nitrogens with zero attached hydrogens (tertiary/aromatic N) is 5. The second-order valence-electron chi connectivity index (χ2n) is 10.2. The van der Waals surface area contributed by atoms with Gasteiger partial charge in [-0.2, -0.15) is 0 Å². The van der Waals surface area contributed by atoms with Crippen LogP contribution < -0.4 is 16.0 Å². The van der Waals surface area contributed by atoms with Crippen LogP contribution in [0.3, 0.4) is 0 Å². The number of aryl methyl sites for hydroxylation is 2. The molecule has 0 aromatic carbocycles. The highest BCUT2D eigenvalue weighted by Crippen LogP contribution is 2.39. The van der Waals surface area contributed by atoms with E-state index >= 15 is 4.39 Å². The topological polar surface area (TPSA) is 111 Å². The zero-order chi connectivity index (χ0) is 25.0. The summed E-state index contributed by atoms with van der Waals surface area (Å²) in [5, 5.41) is 12.5. The van der Waals surface area contributed by atoms with Gasteiger partial charge in [-0.3, -0.25) is 4.79 Å². The lowest BCUT2D eigenvalue weighted by Gasteiger charge is -2.28. The molecule has 0 bridgehead atoms. The summed E-state index contributed by atoms with van der Waals surface area (Å²) < 4.78 is 22.8. The number of hydrogen-bond donors (Lipinski definition) is 2. The van der Waals surface area contributed by atoms with Gasteiger partial charge in [-0.25, -0.2) is 9.37 Å². The molecule has 6 rings (SSSR count). The summed E-state index contributed by atoms with van der Waals surface area (Å²) >= 11 is 6.32. The maximum absolute atomic E-state index is 15.3. The molecule has 3 aromatic rings. The van der Waals surface area contributed by atoms with Crippen molar-refractivity contribution in [1.82, 2.24) is 25.1 Å². The van der Waals surface area contributed by atoms with Crippen molar-refractivity contribution in [1.29, 1.82) is 0 Å². The Kier molecular flexibility index (Phi) is 5.85. The maximum Gasteiger partial charge on any atom is 0.272 e. The second-order valence-corrected chi connectivity index (χ2v) is 10.6. The van der Waals surface area contributed by atoms with E-state index in [-0.39, 0.29) is 34.9 Å². The molecule has 5 heterocycles. The molecular weight excluding hydrogens is 485 g/mol. The van der Waals surface area contributed by atoms with Gasteiger partial charge in [0.1, 0.15) is 11.6 Å². The van der Waals surface area contributed by atoms with Gasteiger partial charge in [-0.05, 0) is 38.7 Å². The molecular formula is C25H29ClFN7O2. The number of aromatic nitrogens is 4. The summed E-state index contributed by atoms with van der Waals surface area (Å²) in [6.07, 6.45) is 4.32. The minimum atomic E-state index is -0.349. The van der Waals surface area contributed by atoms with Crippen LogP contribution in [0.4, 0.5) is 10.2 Å². The molecule has 2 saturated heterocycles. The fourth-order valence-electron chi connectivity index (χ4n) is 5.80. The van der Waals surface area contributed by atoms with Crippen molar-refractivity contribution in [2.75, 3.05) is 31.2 Å². The van der Waals surface area contributed by atoms with Gasteiger partial charge in [-0.1, -0.05) is 11.6 Å². The van der Waals surface area contributed by atoms with E-state index in [2.05, 4.69) is 20.4 Å². The zero-order valence-electron chi connectivity index (χ0n) is 20.1. The lowest BCUT2D eigenvalue weighted by atomic mass is 9.83. The summed E-state index contributed by atoms with van der Waals surface area (Å²) in [6.45, 7) is 5.43. The van der Waals surface area contributed by atoms with Crippen LogP contribution in [0.1, 0.15) is 41.5 Å². The number of nitrogens with two attached hydrogens (primary N) is 1. The SMILES string of the molecule is CCn1cc(Cl)c2cc(C(=O)NC3CCc4nc(N5CC(N)C6(CCOC6)C5)cc(F)c4C3)nnc21. The smallest absolute Gasteiger partial charge is 0.272 e. The lowest BCUT2D eigenvalue weighted by molar-refractivity contribution is 0.0927. The van der Waals surface area contributed by atoms with Crippen molar-refractivity contribution in [2.45, 2.75) is 51.2 Å². The number of ether oxygens (including phenoxy) is 1. The fraction of sp³-hybridized carbons (Fsp3) is 0.520. The standard InChI is InChI=1S/C25H29ClFN7O2/c1-2-33-10-17(26)15-8-20(31-32-23(15)33)24(35)29-14-3-4-19-16(7-14)18(27)9-22(30-19)34-11-21(28)25(12-34)5-6-36-13-25/h8-10,14,21H,2-7,11-13,28H2,1H3,(H,29,35). The molecule has 11 heteroatoms. The number of fused-ring (bicyclic) bond motifs is 2. The van der Waals surface area contributed by atoms with Crippen LogP contribution in [0.25, 0.3) is 11.0 Å². The number of carbonyl (C=O) groups excluding carboxylic acids is 1. The largest absolute Gasteiger partial charge is 0.381 e. The lowest BCUT2D eigenvalue weighted by Crippen LogP contribution is -2.40. The number of pyridine rings is 1. The summed E-state index contributed by atoms with van der Waals surface area (Å²) in [7, 11) is 0. The van der Waals surface area contributed by atoms with Crippen LogP contribution in [0.15, 0.2) is 18.3 Å². The third-order valence-corrected chi connectivity index (χ3v) is 8.27. The predicted octanol–water partition coefficient (Wildman–Crippen LogP) is 2.48. The third kappa shape index (κ3) is 3.91. The van der Waals surface area contributed by atoms with Gasteiger partial charge in [0.05, 0.1) is 11.6 Å². The van der Waals surface area contributed by atoms with Gasteiger partial charge in [0, 0.05) is 72.6 Å². The second kappa shape index (κ2) is 8.93. The van der Waals surface area contributed by atoms with Crippen LogP contribution in [-0.4, -0.2) is 64.0 Å². The number of rotatable bonds is 4. The minimum absolute atomic E-state index is 0.0155. The molecule has 36 heavy (non-hydrogen) atoms. The van der Waals surface area contributed by atoms with Gasteiger partial charge < -0.3 is 25.3 Å². The van der Waals surface area contributed by atoms with E-state index in [4.69, 9.17) is 27.1 Å². The maximum atomic E-state index is 15.3. The average molecular weight is 514 g/mol. The summed E-state index contributed by atoms with van der Waals surface area (Å²) in [5.74, 6) is -0.00855. The first-order chi connectivity index (χ1) is 17.4. The molecule has 1 spiro atoms. The van der Waals surface area contributed by atoms with Crippen LogP contribution in [0.5, 0.6) is 0 Å². The number of hydrogen-bond acceptors (Lipinski definition) is 7. The van der Waals surface area contributed by atoms with Gasteiger partial charge in [0.15, 0.2) is 11.3 Å². The van der Waals surface area contributed by atoms with Crippen LogP contribution in [0.2, 0.25) is 5.02 Å². The highest BCUT2D eigenvalue weighted by atomic mass is 35.5. The van der Waals surface area contributed by atoms with E-state index in [0.29, 0.717) is 66.4 Å². The third-order valence-electron chi connectivity index (χ3n) is 7.97. The number of nitrogens with one attached hydrogen (secondary N) is 1. The van der Waals surface area contributed by atoms with Crippen molar-refractivity contribution in [3.05, 3.63) is 46.1 Å². The Morgan fingerprint density at radius 1 is 1.39 bits per heavy atom. The van der Waals surface area contributed by atoms with Crippen LogP contribution in [-0.2, 0) is 24.1 Å². The Labute approximate surface area is 213 Å². The van der Waals surface area contributed by atoms with E-state index in [0.717, 1.165) is 25.3 Å². The monoisotopic (exact) mass is 513 g/mol. The normalized spacial score (nSPS) is 25.6. The average Bonchev–Trinajstić information content (AvgIpc) is 3.57. The number of halogens is 2. The Morgan fingerprint density at radius 2 is 2.25 bits per heavy atom. The van der Waals surface area contributed by atoms with E-state index in [1.165, 1.54) is 6.07 Å².